The quantitative estimate of drug-likeness (QED) is 0.399. The van der Waals surface area contributed by atoms with Gasteiger partial charge in [-0.2, -0.15) is 0 Å². The van der Waals surface area contributed by atoms with Gasteiger partial charge in [-0.05, 0) is 65.7 Å². The van der Waals surface area contributed by atoms with Gasteiger partial charge < -0.3 is 15.3 Å². The molecule has 4 unspecified atom stereocenters. The van der Waals surface area contributed by atoms with E-state index in [0.29, 0.717) is 12.8 Å². The number of hydrazine groups is 1. The van der Waals surface area contributed by atoms with Crippen LogP contribution in [0.4, 0.5) is 0 Å². The molecule has 1 heterocycles. The zero-order chi connectivity index (χ0) is 18.8. The summed E-state index contributed by atoms with van der Waals surface area (Å²) in [5, 5.41) is 29.9. The molecule has 7 heteroatoms. The van der Waals surface area contributed by atoms with Crippen LogP contribution >= 0.6 is 0 Å². The van der Waals surface area contributed by atoms with Gasteiger partial charge in [0.1, 0.15) is 17.8 Å². The van der Waals surface area contributed by atoms with Gasteiger partial charge in [0.25, 0.3) is 0 Å². The second kappa shape index (κ2) is 11.6. The van der Waals surface area contributed by atoms with Gasteiger partial charge in [-0.3, -0.25) is 5.01 Å². The summed E-state index contributed by atoms with van der Waals surface area (Å²) in [5.74, 6) is 7.82. The number of aliphatic hydroxyl groups is 3. The lowest BCUT2D eigenvalue weighted by molar-refractivity contribution is 0.174. The number of hydrogen-bond donors (Lipinski definition) is 4. The summed E-state index contributed by atoms with van der Waals surface area (Å²) < 4.78 is 0. The zero-order valence-electron chi connectivity index (χ0n) is 15.9. The summed E-state index contributed by atoms with van der Waals surface area (Å²) in [6.45, 7) is 5.35. The Hall–Kier alpha value is -1.02. The second-order valence-electron chi connectivity index (χ2n) is 7.22. The molecule has 1 rings (SSSR count). The van der Waals surface area contributed by atoms with Crippen molar-refractivity contribution in [2.75, 3.05) is 0 Å². The molecule has 0 aromatic carbocycles. The molecule has 4 atom stereocenters. The molecule has 1 aliphatic heterocycles. The minimum Gasteiger partial charge on any atom is -0.393 e. The fourth-order valence-electron chi connectivity index (χ4n) is 2.86. The molecular weight excluding hydrogens is 320 g/mol. The minimum atomic E-state index is -0.323. The fraction of sp³-hybridized carbons (Fsp3) is 0.889. The molecule has 0 bridgehead atoms. The van der Waals surface area contributed by atoms with Crippen LogP contribution in [0.5, 0.6) is 0 Å². The van der Waals surface area contributed by atoms with E-state index in [1.54, 1.807) is 25.8 Å². The average molecular weight is 357 g/mol. The Bertz CT molecular complexity index is 436. The summed E-state index contributed by atoms with van der Waals surface area (Å²) in [7, 11) is 0. The number of nitrogens with two attached hydrogens (primary N) is 1. The monoisotopic (exact) mass is 356 g/mol. The molecule has 0 aromatic heterocycles. The van der Waals surface area contributed by atoms with Crippen LogP contribution < -0.4 is 5.84 Å². The number of nitrogens with zero attached hydrogens (tertiary/aromatic N) is 3. The second-order valence-corrected chi connectivity index (χ2v) is 7.22. The lowest BCUT2D eigenvalue weighted by Crippen LogP contribution is -2.47. The lowest BCUT2D eigenvalue weighted by atomic mass is 10.1. The van der Waals surface area contributed by atoms with Crippen LogP contribution in [0.25, 0.3) is 0 Å². The third kappa shape index (κ3) is 9.30. The normalized spacial score (nSPS) is 21.6. The minimum absolute atomic E-state index is 0.153. The van der Waals surface area contributed by atoms with Crippen molar-refractivity contribution in [3.63, 3.8) is 0 Å². The molecular formula is C18H36N4O3. The number of rotatable bonds is 12. The Morgan fingerprint density at radius 2 is 1.44 bits per heavy atom. The van der Waals surface area contributed by atoms with Crippen LogP contribution in [0.3, 0.4) is 0 Å². The van der Waals surface area contributed by atoms with Crippen LogP contribution in [0, 0.1) is 0 Å². The third-order valence-corrected chi connectivity index (χ3v) is 4.30. The predicted molar refractivity (Wildman–Crippen MR) is 101 cm³/mol. The molecule has 1 aliphatic rings. The smallest absolute Gasteiger partial charge is 0.138 e. The molecule has 7 nitrogen and oxygen atoms in total. The maximum atomic E-state index is 9.44. The van der Waals surface area contributed by atoms with E-state index in [2.05, 4.69) is 9.98 Å². The molecule has 0 fully saturated rings. The van der Waals surface area contributed by atoms with Crippen LogP contribution in [0.1, 0.15) is 78.6 Å². The van der Waals surface area contributed by atoms with E-state index < -0.39 is 0 Å². The van der Waals surface area contributed by atoms with Crippen molar-refractivity contribution in [1.82, 2.24) is 5.01 Å². The highest BCUT2D eigenvalue weighted by molar-refractivity contribution is 5.98. The van der Waals surface area contributed by atoms with Crippen LogP contribution in [0.15, 0.2) is 9.98 Å². The molecule has 0 saturated heterocycles. The van der Waals surface area contributed by atoms with Crippen molar-refractivity contribution in [3.05, 3.63) is 0 Å². The van der Waals surface area contributed by atoms with Gasteiger partial charge in [-0.15, -0.1) is 0 Å². The maximum Gasteiger partial charge on any atom is 0.138 e. The first kappa shape index (κ1) is 22.0. The van der Waals surface area contributed by atoms with Crippen molar-refractivity contribution < 1.29 is 15.3 Å². The number of amidine groups is 2. The highest BCUT2D eigenvalue weighted by Gasteiger charge is 2.23. The van der Waals surface area contributed by atoms with E-state index in [4.69, 9.17) is 5.84 Å². The third-order valence-electron chi connectivity index (χ3n) is 4.30. The topological polar surface area (TPSA) is 115 Å². The number of aliphatic imine (C=N–C) groups is 2. The van der Waals surface area contributed by atoms with Crippen molar-refractivity contribution in [1.29, 1.82) is 0 Å². The Morgan fingerprint density at radius 3 is 2.00 bits per heavy atom. The average Bonchev–Trinajstić information content (AvgIpc) is 2.50. The summed E-state index contributed by atoms with van der Waals surface area (Å²) in [6.07, 6.45) is 5.79. The van der Waals surface area contributed by atoms with Gasteiger partial charge >= 0.3 is 0 Å². The van der Waals surface area contributed by atoms with Crippen LogP contribution in [-0.2, 0) is 0 Å². The SMILES string of the molecule is CC(O)CCCC1=NC(CCCC(C)O)N(N)C(CCCC(C)O)=N1. The first-order valence-corrected chi connectivity index (χ1v) is 9.52. The van der Waals surface area contributed by atoms with E-state index in [1.807, 2.05) is 0 Å². The van der Waals surface area contributed by atoms with Gasteiger partial charge in [0.2, 0.25) is 0 Å². The van der Waals surface area contributed by atoms with Crippen LogP contribution in [-0.4, -0.2) is 56.5 Å². The first-order valence-electron chi connectivity index (χ1n) is 9.52. The molecule has 0 saturated carbocycles. The van der Waals surface area contributed by atoms with E-state index >= 15 is 0 Å². The van der Waals surface area contributed by atoms with E-state index in [-0.39, 0.29) is 24.5 Å². The molecule has 0 aromatic rings. The zero-order valence-corrected chi connectivity index (χ0v) is 15.9. The summed E-state index contributed by atoms with van der Waals surface area (Å²) >= 11 is 0. The Morgan fingerprint density at radius 1 is 0.920 bits per heavy atom. The molecule has 0 amide bonds. The highest BCUT2D eigenvalue weighted by atomic mass is 16.3. The van der Waals surface area contributed by atoms with E-state index in [1.165, 1.54) is 0 Å². The Balaban J connectivity index is 2.68. The first-order chi connectivity index (χ1) is 11.8. The number of aliphatic hydroxyl groups excluding tert-OH is 3. The van der Waals surface area contributed by atoms with Gasteiger partial charge in [0.15, 0.2) is 0 Å². The van der Waals surface area contributed by atoms with Crippen molar-refractivity contribution >= 4 is 11.7 Å². The summed E-state index contributed by atoms with van der Waals surface area (Å²) in [6, 6.07) is 0. The Labute approximate surface area is 151 Å². The molecule has 146 valence electrons. The molecule has 5 N–H and O–H groups in total. The maximum absolute atomic E-state index is 9.44. The summed E-state index contributed by atoms with van der Waals surface area (Å²) in [4.78, 5) is 9.27. The molecule has 0 aliphatic carbocycles. The summed E-state index contributed by atoms with van der Waals surface area (Å²) in [5.41, 5.74) is 0. The standard InChI is InChI=1S/C18H36N4O3/c1-13(23)7-4-10-16-20-17(11-5-8-14(2)24)22(19)18(21-16)12-6-9-15(3)25/h13-15,17,23-25H,4-12,19H2,1-3H3. The molecule has 0 radical (unpaired) electrons. The predicted octanol–water partition coefficient (Wildman–Crippen LogP) is 1.95. The molecule has 0 spiro atoms. The van der Waals surface area contributed by atoms with Gasteiger partial charge in [-0.1, -0.05) is 0 Å². The van der Waals surface area contributed by atoms with Gasteiger partial charge in [-0.25, -0.2) is 15.8 Å². The fourth-order valence-corrected chi connectivity index (χ4v) is 2.86. The van der Waals surface area contributed by atoms with Crippen molar-refractivity contribution in [3.8, 4) is 0 Å². The van der Waals surface area contributed by atoms with Crippen molar-refractivity contribution in [2.24, 2.45) is 15.8 Å². The largest absolute Gasteiger partial charge is 0.393 e. The highest BCUT2D eigenvalue weighted by Crippen LogP contribution is 2.18. The molecule has 25 heavy (non-hydrogen) atoms. The number of hydrogen-bond acceptors (Lipinski definition) is 7. The van der Waals surface area contributed by atoms with Crippen molar-refractivity contribution in [2.45, 2.75) is 103 Å². The van der Waals surface area contributed by atoms with E-state index in [0.717, 1.165) is 56.6 Å². The van der Waals surface area contributed by atoms with E-state index in [9.17, 15) is 15.3 Å². The van der Waals surface area contributed by atoms with Gasteiger partial charge in [0, 0.05) is 12.8 Å². The lowest BCUT2D eigenvalue weighted by Gasteiger charge is -2.31. The van der Waals surface area contributed by atoms with Gasteiger partial charge in [0.05, 0.1) is 18.3 Å². The Kier molecular flexibility index (Phi) is 10.2. The van der Waals surface area contributed by atoms with Crippen LogP contribution in [0.2, 0.25) is 0 Å².